The van der Waals surface area contributed by atoms with Crippen LogP contribution in [0.5, 0.6) is 0 Å². The Morgan fingerprint density at radius 3 is 2.83 bits per heavy atom. The van der Waals surface area contributed by atoms with Crippen molar-refractivity contribution in [3.8, 4) is 0 Å². The van der Waals surface area contributed by atoms with Gasteiger partial charge < -0.3 is 15.4 Å². The Labute approximate surface area is 72.5 Å². The monoisotopic (exact) mass is 168 g/mol. The molecule has 0 aromatic rings. The normalized spacial score (nSPS) is 29.4. The van der Waals surface area contributed by atoms with Crippen LogP contribution in [-0.4, -0.2) is 44.6 Å². The zero-order chi connectivity index (χ0) is 9.14. The average molecular weight is 168 g/mol. The molecule has 0 spiro atoms. The molecule has 0 aromatic carbocycles. The molecule has 0 aromatic heterocycles. The molecule has 4 nitrogen and oxygen atoms in total. The number of rotatable bonds is 3. The molecule has 1 fully saturated rings. The minimum atomic E-state index is -0.158. The Morgan fingerprint density at radius 2 is 2.42 bits per heavy atom. The van der Waals surface area contributed by atoms with Crippen LogP contribution in [-0.2, 0) is 9.59 Å². The molecule has 12 heavy (non-hydrogen) atoms. The van der Waals surface area contributed by atoms with E-state index >= 15 is 0 Å². The highest BCUT2D eigenvalue weighted by molar-refractivity contribution is 6.25. The zero-order valence-electron chi connectivity index (χ0n) is 7.19. The first-order chi connectivity index (χ1) is 5.70. The van der Waals surface area contributed by atoms with Crippen molar-refractivity contribution < 1.29 is 9.59 Å². The smallest absolute Gasteiger partial charge is 0.218 e. The third kappa shape index (κ3) is 1.50. The van der Waals surface area contributed by atoms with Gasteiger partial charge in [-0.1, -0.05) is 0 Å². The second-order valence-electron chi connectivity index (χ2n) is 3.16. The molecule has 1 aliphatic heterocycles. The molecule has 1 rings (SSSR count). The number of carbonyl (C=O) groups excluding carboxylic acids is 2. The quantitative estimate of drug-likeness (QED) is 0.392. The summed E-state index contributed by atoms with van der Waals surface area (Å²) in [7, 11) is 1.79. The van der Waals surface area contributed by atoms with Crippen molar-refractivity contribution in [2.75, 3.05) is 19.6 Å². The van der Waals surface area contributed by atoms with Crippen molar-refractivity contribution >= 4 is 20.0 Å². The third-order valence-electron chi connectivity index (χ3n) is 2.35. The van der Waals surface area contributed by atoms with Crippen molar-refractivity contribution in [1.29, 1.82) is 0 Å². The molecule has 2 unspecified atom stereocenters. The lowest BCUT2D eigenvalue weighted by molar-refractivity contribution is -0.127. The number of carbonyl (C=O) groups is 2. The second-order valence-corrected chi connectivity index (χ2v) is 3.16. The van der Waals surface area contributed by atoms with Gasteiger partial charge in [0.15, 0.2) is 0 Å². The molecule has 1 saturated heterocycles. The van der Waals surface area contributed by atoms with E-state index < -0.39 is 0 Å². The SMILES string of the molecule is BC1C(=O)N(CCN)CC1C=O. The van der Waals surface area contributed by atoms with Crippen LogP contribution in [0.25, 0.3) is 0 Å². The topological polar surface area (TPSA) is 63.4 Å². The summed E-state index contributed by atoms with van der Waals surface area (Å²) in [5, 5.41) is 0. The number of hydrogen-bond donors (Lipinski definition) is 1. The van der Waals surface area contributed by atoms with Gasteiger partial charge >= 0.3 is 0 Å². The zero-order valence-corrected chi connectivity index (χ0v) is 7.19. The van der Waals surface area contributed by atoms with Crippen LogP contribution in [0.3, 0.4) is 0 Å². The molecule has 0 saturated carbocycles. The number of nitrogens with zero attached hydrogens (tertiary/aromatic N) is 1. The van der Waals surface area contributed by atoms with E-state index in [1.807, 2.05) is 0 Å². The molecule has 2 N–H and O–H groups in total. The van der Waals surface area contributed by atoms with Gasteiger partial charge in [0, 0.05) is 31.4 Å². The summed E-state index contributed by atoms with van der Waals surface area (Å²) in [6.07, 6.45) is 0.860. The summed E-state index contributed by atoms with van der Waals surface area (Å²) in [5.74, 6) is -0.240. The summed E-state index contributed by atoms with van der Waals surface area (Å²) in [4.78, 5) is 23.5. The first-order valence-corrected chi connectivity index (χ1v) is 4.15. The molecule has 2 atom stereocenters. The van der Waals surface area contributed by atoms with Crippen LogP contribution in [0, 0.1) is 5.92 Å². The molecule has 0 aliphatic carbocycles. The molecule has 1 amide bonds. The van der Waals surface area contributed by atoms with Gasteiger partial charge in [0.2, 0.25) is 5.91 Å². The molecule has 1 heterocycles. The van der Waals surface area contributed by atoms with Gasteiger partial charge in [0.05, 0.1) is 0 Å². The molecular weight excluding hydrogens is 155 g/mol. The van der Waals surface area contributed by atoms with Gasteiger partial charge in [-0.2, -0.15) is 0 Å². The van der Waals surface area contributed by atoms with Crippen LogP contribution in [0.4, 0.5) is 0 Å². The average Bonchev–Trinajstić information content (AvgIpc) is 2.33. The van der Waals surface area contributed by atoms with E-state index in [4.69, 9.17) is 5.73 Å². The van der Waals surface area contributed by atoms with Gasteiger partial charge in [0.25, 0.3) is 0 Å². The maximum Gasteiger partial charge on any atom is 0.218 e. The van der Waals surface area contributed by atoms with Gasteiger partial charge in [-0.05, 0) is 0 Å². The van der Waals surface area contributed by atoms with Gasteiger partial charge in [-0.25, -0.2) is 0 Å². The van der Waals surface area contributed by atoms with Crippen molar-refractivity contribution in [1.82, 2.24) is 4.90 Å². The molecule has 66 valence electrons. The fourth-order valence-electron chi connectivity index (χ4n) is 1.49. The fraction of sp³-hybridized carbons (Fsp3) is 0.714. The van der Waals surface area contributed by atoms with E-state index in [-0.39, 0.29) is 17.6 Å². The van der Waals surface area contributed by atoms with E-state index in [0.29, 0.717) is 19.6 Å². The molecule has 0 bridgehead atoms. The summed E-state index contributed by atoms with van der Waals surface area (Å²) >= 11 is 0. The van der Waals surface area contributed by atoms with Crippen LogP contribution >= 0.6 is 0 Å². The maximum atomic E-state index is 11.4. The minimum absolute atomic E-state index is 0.0533. The van der Waals surface area contributed by atoms with Crippen molar-refractivity contribution in [2.45, 2.75) is 5.82 Å². The van der Waals surface area contributed by atoms with Crippen molar-refractivity contribution in [3.63, 3.8) is 0 Å². The van der Waals surface area contributed by atoms with E-state index in [1.54, 1.807) is 12.7 Å². The van der Waals surface area contributed by atoms with Crippen molar-refractivity contribution in [2.24, 2.45) is 11.7 Å². The fourth-order valence-corrected chi connectivity index (χ4v) is 1.49. The molecule has 5 heteroatoms. The van der Waals surface area contributed by atoms with Crippen LogP contribution in [0.2, 0.25) is 5.82 Å². The largest absolute Gasteiger partial charge is 0.341 e. The van der Waals surface area contributed by atoms with E-state index in [0.717, 1.165) is 6.29 Å². The number of hydrogen-bond acceptors (Lipinski definition) is 3. The van der Waals surface area contributed by atoms with Crippen LogP contribution < -0.4 is 5.73 Å². The third-order valence-corrected chi connectivity index (χ3v) is 2.35. The molecule has 0 radical (unpaired) electrons. The predicted molar refractivity (Wildman–Crippen MR) is 47.5 cm³/mol. The highest BCUT2D eigenvalue weighted by atomic mass is 16.2. The highest BCUT2D eigenvalue weighted by Crippen LogP contribution is 2.24. The Kier molecular flexibility index (Phi) is 2.86. The number of nitrogens with two attached hydrogens (primary N) is 1. The highest BCUT2D eigenvalue weighted by Gasteiger charge is 2.35. The predicted octanol–water partition coefficient (Wildman–Crippen LogP) is -1.98. The summed E-state index contributed by atoms with van der Waals surface area (Å²) in [6.45, 7) is 1.57. The van der Waals surface area contributed by atoms with E-state index in [9.17, 15) is 9.59 Å². The van der Waals surface area contributed by atoms with E-state index in [1.165, 1.54) is 0 Å². The molecular formula is C7H13BN2O2. The first-order valence-electron chi connectivity index (χ1n) is 4.15. The standard InChI is InChI=1S/C7H13BN2O2/c8-6-5(4-11)3-10(2-1-9)7(6)12/h4-6H,1-3,8-9H2. The Bertz CT molecular complexity index is 198. The Balaban J connectivity index is 2.60. The van der Waals surface area contributed by atoms with Crippen molar-refractivity contribution in [3.05, 3.63) is 0 Å². The van der Waals surface area contributed by atoms with Crippen LogP contribution in [0.1, 0.15) is 0 Å². The lowest BCUT2D eigenvalue weighted by Gasteiger charge is -2.13. The van der Waals surface area contributed by atoms with E-state index in [2.05, 4.69) is 0 Å². The van der Waals surface area contributed by atoms with Gasteiger partial charge in [-0.15, -0.1) is 0 Å². The number of likely N-dealkylation sites (tertiary alicyclic amines) is 1. The first kappa shape index (κ1) is 9.25. The lowest BCUT2D eigenvalue weighted by Crippen LogP contribution is -2.31. The maximum absolute atomic E-state index is 11.4. The van der Waals surface area contributed by atoms with Gasteiger partial charge in [-0.3, -0.25) is 4.79 Å². The Hall–Kier alpha value is -0.835. The van der Waals surface area contributed by atoms with Crippen LogP contribution in [0.15, 0.2) is 0 Å². The minimum Gasteiger partial charge on any atom is -0.341 e. The van der Waals surface area contributed by atoms with Gasteiger partial charge in [0.1, 0.15) is 14.1 Å². The lowest BCUT2D eigenvalue weighted by atomic mass is 9.79. The Morgan fingerprint density at radius 1 is 1.75 bits per heavy atom. The number of aldehydes is 1. The summed E-state index contributed by atoms with van der Waals surface area (Å²) in [5.41, 5.74) is 5.32. The number of amides is 1. The second kappa shape index (κ2) is 3.71. The summed E-state index contributed by atoms with van der Waals surface area (Å²) in [6, 6.07) is 0. The summed E-state index contributed by atoms with van der Waals surface area (Å²) < 4.78 is 0. The molecule has 1 aliphatic rings.